The highest BCUT2D eigenvalue weighted by Crippen LogP contribution is 2.26. The molecule has 1 N–H and O–H groups in total. The van der Waals surface area contributed by atoms with E-state index in [1.807, 2.05) is 30.3 Å². The number of carbonyl (C=O) groups is 2. The first-order valence-electron chi connectivity index (χ1n) is 14.4. The van der Waals surface area contributed by atoms with E-state index in [4.69, 9.17) is 11.6 Å². The predicted octanol–water partition coefficient (Wildman–Crippen LogP) is 5.18. The summed E-state index contributed by atoms with van der Waals surface area (Å²) in [4.78, 5) is 29.7. The molecule has 230 valence electrons. The van der Waals surface area contributed by atoms with Crippen LogP contribution in [-0.4, -0.2) is 62.2 Å². The molecular weight excluding hydrogens is 591 g/mol. The van der Waals surface area contributed by atoms with Crippen molar-refractivity contribution in [2.75, 3.05) is 24.9 Å². The maximum absolute atomic E-state index is 15.0. The topological polar surface area (TPSA) is 90.0 Å². The van der Waals surface area contributed by atoms with Crippen molar-refractivity contribution in [1.82, 2.24) is 14.5 Å². The summed E-state index contributed by atoms with van der Waals surface area (Å²) in [5, 5.41) is 3.55. The first kappa shape index (κ1) is 32.4. The normalized spacial score (nSPS) is 14.7. The molecule has 1 aliphatic carbocycles. The first-order valence-corrected chi connectivity index (χ1v) is 16.2. The molecule has 0 spiro atoms. The molecule has 3 aromatic carbocycles. The summed E-state index contributed by atoms with van der Waals surface area (Å²) in [6.07, 6.45) is 5.03. The van der Waals surface area contributed by atoms with Gasteiger partial charge in [0.25, 0.3) is 0 Å². The smallest absolute Gasteiger partial charge is 0.304 e. The summed E-state index contributed by atoms with van der Waals surface area (Å²) in [5.41, 5.74) is 1.15. The lowest BCUT2D eigenvalue weighted by Gasteiger charge is -2.35. The van der Waals surface area contributed by atoms with Gasteiger partial charge < -0.3 is 10.2 Å². The Hall–Kier alpha value is -3.47. The molecule has 1 atom stereocenters. The van der Waals surface area contributed by atoms with Gasteiger partial charge in [0.1, 0.15) is 18.4 Å². The van der Waals surface area contributed by atoms with Gasteiger partial charge in [-0.2, -0.15) is 12.7 Å². The van der Waals surface area contributed by atoms with Gasteiger partial charge in [-0.25, -0.2) is 8.70 Å². The highest BCUT2D eigenvalue weighted by atomic mass is 35.5. The van der Waals surface area contributed by atoms with E-state index in [9.17, 15) is 22.4 Å². The molecule has 11 heteroatoms. The molecule has 1 saturated carbocycles. The largest absolute Gasteiger partial charge is 0.352 e. The van der Waals surface area contributed by atoms with Crippen LogP contribution in [0.2, 0.25) is 5.02 Å². The zero-order valence-corrected chi connectivity index (χ0v) is 26.0. The average Bonchev–Trinajstić information content (AvgIpc) is 2.99. The molecule has 0 radical (unpaired) electrons. The standard InChI is InChI=1S/C32H38ClFN4O4S/c1-36(2)43(41,42)38(29-20-12-11-19-28(29)34)23-31(39)37(22-25-15-9-10-18-27(25)33)30(21-24-13-5-3-6-14-24)32(40)35-26-16-7-4-8-17-26/h3,5-6,9-15,18-20,26,30H,4,7-8,16-17,21-23H2,1-2H3,(H,35,40)/t30-/m0/s1. The molecule has 0 unspecified atom stereocenters. The summed E-state index contributed by atoms with van der Waals surface area (Å²) in [7, 11) is -1.68. The van der Waals surface area contributed by atoms with Crippen molar-refractivity contribution < 1.29 is 22.4 Å². The Morgan fingerprint density at radius 3 is 2.21 bits per heavy atom. The van der Waals surface area contributed by atoms with Crippen molar-refractivity contribution in [3.05, 3.63) is 101 Å². The molecule has 1 aliphatic rings. The third kappa shape index (κ3) is 8.34. The maximum atomic E-state index is 15.0. The number of para-hydroxylation sites is 1. The van der Waals surface area contributed by atoms with Crippen LogP contribution in [0.1, 0.15) is 43.2 Å². The molecule has 0 aromatic heterocycles. The fraction of sp³-hybridized carbons (Fsp3) is 0.375. The number of hydrogen-bond donors (Lipinski definition) is 1. The highest BCUT2D eigenvalue weighted by Gasteiger charge is 2.36. The molecule has 3 aromatic rings. The quantitative estimate of drug-likeness (QED) is 0.299. The Bertz CT molecular complexity index is 1500. The zero-order chi connectivity index (χ0) is 31.0. The van der Waals surface area contributed by atoms with E-state index in [2.05, 4.69) is 5.32 Å². The van der Waals surface area contributed by atoms with Crippen molar-refractivity contribution in [1.29, 1.82) is 0 Å². The van der Waals surface area contributed by atoms with E-state index >= 15 is 0 Å². The monoisotopic (exact) mass is 628 g/mol. The minimum atomic E-state index is -4.30. The SMILES string of the molecule is CN(C)S(=O)(=O)N(CC(=O)N(Cc1ccccc1Cl)[C@@H](Cc1ccccc1)C(=O)NC1CCCCC1)c1ccccc1F. The van der Waals surface area contributed by atoms with E-state index in [1.54, 1.807) is 24.3 Å². The lowest BCUT2D eigenvalue weighted by Crippen LogP contribution is -2.55. The van der Waals surface area contributed by atoms with Gasteiger partial charge in [-0.3, -0.25) is 9.59 Å². The van der Waals surface area contributed by atoms with Gasteiger partial charge >= 0.3 is 10.2 Å². The minimum Gasteiger partial charge on any atom is -0.352 e. The molecule has 0 saturated heterocycles. The van der Waals surface area contributed by atoms with Crippen molar-refractivity contribution in [2.45, 2.75) is 57.2 Å². The van der Waals surface area contributed by atoms with Crippen LogP contribution in [0.3, 0.4) is 0 Å². The number of carbonyl (C=O) groups excluding carboxylic acids is 2. The maximum Gasteiger partial charge on any atom is 0.304 e. The summed E-state index contributed by atoms with van der Waals surface area (Å²) < 4.78 is 43.5. The molecular formula is C32H38ClFN4O4S. The number of anilines is 1. The fourth-order valence-corrected chi connectivity index (χ4v) is 6.52. The second-order valence-electron chi connectivity index (χ2n) is 10.9. The molecule has 2 amide bonds. The third-order valence-corrected chi connectivity index (χ3v) is 9.84. The summed E-state index contributed by atoms with van der Waals surface area (Å²) in [6, 6.07) is 20.7. The number of hydrogen-bond acceptors (Lipinski definition) is 4. The number of rotatable bonds is 12. The Morgan fingerprint density at radius 1 is 0.930 bits per heavy atom. The van der Waals surface area contributed by atoms with Gasteiger partial charge in [0.2, 0.25) is 11.8 Å². The lowest BCUT2D eigenvalue weighted by molar-refractivity contribution is -0.140. The molecule has 4 rings (SSSR count). The van der Waals surface area contributed by atoms with Crippen LogP contribution in [0.5, 0.6) is 0 Å². The van der Waals surface area contributed by atoms with Gasteiger partial charge in [0.05, 0.1) is 5.69 Å². The predicted molar refractivity (Wildman–Crippen MR) is 167 cm³/mol. The van der Waals surface area contributed by atoms with Crippen molar-refractivity contribution >= 4 is 39.3 Å². The zero-order valence-electron chi connectivity index (χ0n) is 24.5. The number of nitrogens with one attached hydrogen (secondary N) is 1. The van der Waals surface area contributed by atoms with E-state index in [-0.39, 0.29) is 30.6 Å². The van der Waals surface area contributed by atoms with Crippen LogP contribution in [0.4, 0.5) is 10.1 Å². The van der Waals surface area contributed by atoms with E-state index in [1.165, 1.54) is 37.2 Å². The summed E-state index contributed by atoms with van der Waals surface area (Å²) >= 11 is 6.51. The van der Waals surface area contributed by atoms with Gasteiger partial charge in [-0.15, -0.1) is 0 Å². The fourth-order valence-electron chi connectivity index (χ4n) is 5.26. The number of benzene rings is 3. The number of halogens is 2. The second-order valence-corrected chi connectivity index (χ2v) is 13.4. The molecule has 0 bridgehead atoms. The average molecular weight is 629 g/mol. The van der Waals surface area contributed by atoms with Crippen molar-refractivity contribution in [3.63, 3.8) is 0 Å². The molecule has 1 fully saturated rings. The Labute approximate surface area is 258 Å². The first-order chi connectivity index (χ1) is 20.6. The summed E-state index contributed by atoms with van der Waals surface area (Å²) in [5.74, 6) is -1.80. The Kier molecular flexibility index (Phi) is 11.2. The van der Waals surface area contributed by atoms with E-state index in [0.717, 1.165) is 52.3 Å². The van der Waals surface area contributed by atoms with Gasteiger partial charge in [-0.05, 0) is 42.2 Å². The summed E-state index contributed by atoms with van der Waals surface area (Å²) in [6.45, 7) is -0.783. The Morgan fingerprint density at radius 2 is 1.56 bits per heavy atom. The third-order valence-electron chi connectivity index (χ3n) is 7.66. The van der Waals surface area contributed by atoms with E-state index < -0.39 is 34.5 Å². The highest BCUT2D eigenvalue weighted by molar-refractivity contribution is 7.90. The van der Waals surface area contributed by atoms with Gasteiger partial charge in [-0.1, -0.05) is 91.5 Å². The molecule has 0 aliphatic heterocycles. The van der Waals surface area contributed by atoms with Crippen LogP contribution >= 0.6 is 11.6 Å². The molecule has 0 heterocycles. The van der Waals surface area contributed by atoms with Gasteiger partial charge in [0, 0.05) is 38.1 Å². The number of amides is 2. The molecule has 8 nitrogen and oxygen atoms in total. The lowest BCUT2D eigenvalue weighted by atomic mass is 9.94. The van der Waals surface area contributed by atoms with E-state index in [0.29, 0.717) is 10.6 Å². The number of nitrogens with zero attached hydrogens (tertiary/aromatic N) is 3. The van der Waals surface area contributed by atoms with Crippen LogP contribution in [0.15, 0.2) is 78.9 Å². The van der Waals surface area contributed by atoms with Crippen molar-refractivity contribution in [3.8, 4) is 0 Å². The van der Waals surface area contributed by atoms with Crippen LogP contribution < -0.4 is 9.62 Å². The second kappa shape index (κ2) is 14.8. The van der Waals surface area contributed by atoms with Crippen LogP contribution in [0, 0.1) is 5.82 Å². The molecule has 43 heavy (non-hydrogen) atoms. The van der Waals surface area contributed by atoms with Gasteiger partial charge in [0.15, 0.2) is 0 Å². The van der Waals surface area contributed by atoms with Crippen molar-refractivity contribution in [2.24, 2.45) is 0 Å². The van der Waals surface area contributed by atoms with Crippen LogP contribution in [-0.2, 0) is 32.8 Å². The van der Waals surface area contributed by atoms with Crippen LogP contribution in [0.25, 0.3) is 0 Å². The minimum absolute atomic E-state index is 0.0131. The Balaban J connectivity index is 1.77.